The first-order valence-electron chi connectivity index (χ1n) is 11.5. The van der Waals surface area contributed by atoms with Gasteiger partial charge in [0.15, 0.2) is 11.5 Å². The minimum Gasteiger partial charge on any atom is -0.463 e. The number of nitriles is 1. The molecule has 1 N–H and O–H groups in total. The number of nitrogens with one attached hydrogen (secondary N) is 1. The van der Waals surface area contributed by atoms with Crippen molar-refractivity contribution in [1.82, 2.24) is 14.9 Å². The van der Waals surface area contributed by atoms with Gasteiger partial charge in [0.2, 0.25) is 5.91 Å². The molecular formula is C27H24N4O3. The van der Waals surface area contributed by atoms with Crippen molar-refractivity contribution >= 4 is 16.9 Å². The lowest BCUT2D eigenvalue weighted by atomic mass is 9.94. The first-order chi connectivity index (χ1) is 16.7. The van der Waals surface area contributed by atoms with Gasteiger partial charge < -0.3 is 9.73 Å². The van der Waals surface area contributed by atoms with Crippen molar-refractivity contribution in [3.05, 3.63) is 88.4 Å². The highest BCUT2D eigenvalue weighted by molar-refractivity contribution is 5.87. The quantitative estimate of drug-likeness (QED) is 0.478. The molecule has 1 amide bonds. The van der Waals surface area contributed by atoms with Gasteiger partial charge in [0.1, 0.15) is 6.04 Å². The van der Waals surface area contributed by atoms with Crippen LogP contribution in [0, 0.1) is 11.3 Å². The molecule has 0 saturated heterocycles. The topological polar surface area (TPSA) is 101 Å². The number of aromatic nitrogens is 2. The molecule has 0 radical (unpaired) electrons. The molecule has 2 aromatic carbocycles. The largest absolute Gasteiger partial charge is 0.463 e. The van der Waals surface area contributed by atoms with Crippen LogP contribution in [-0.4, -0.2) is 21.5 Å². The average molecular weight is 453 g/mol. The number of rotatable bonds is 5. The lowest BCUT2D eigenvalue weighted by Crippen LogP contribution is -2.43. The Morgan fingerprint density at radius 2 is 1.82 bits per heavy atom. The summed E-state index contributed by atoms with van der Waals surface area (Å²) in [4.78, 5) is 32.2. The molecule has 34 heavy (non-hydrogen) atoms. The molecule has 1 atom stereocenters. The van der Waals surface area contributed by atoms with Crippen LogP contribution in [-0.2, 0) is 4.79 Å². The number of furan rings is 1. The van der Waals surface area contributed by atoms with Gasteiger partial charge in [0.05, 0.1) is 28.9 Å². The predicted molar refractivity (Wildman–Crippen MR) is 128 cm³/mol. The summed E-state index contributed by atoms with van der Waals surface area (Å²) < 4.78 is 6.99. The van der Waals surface area contributed by atoms with Crippen LogP contribution in [0.2, 0.25) is 0 Å². The summed E-state index contributed by atoms with van der Waals surface area (Å²) >= 11 is 0. The smallest absolute Gasteiger partial charge is 0.281 e. The van der Waals surface area contributed by atoms with E-state index in [4.69, 9.17) is 4.42 Å². The van der Waals surface area contributed by atoms with E-state index in [-0.39, 0.29) is 17.6 Å². The van der Waals surface area contributed by atoms with Gasteiger partial charge in [-0.2, -0.15) is 5.26 Å². The lowest BCUT2D eigenvalue weighted by Gasteiger charge is -2.27. The summed E-state index contributed by atoms with van der Waals surface area (Å²) in [5.74, 6) is 0.0937. The third kappa shape index (κ3) is 4.11. The van der Waals surface area contributed by atoms with Crippen LogP contribution >= 0.6 is 0 Å². The fourth-order valence-corrected chi connectivity index (χ4v) is 4.67. The summed E-state index contributed by atoms with van der Waals surface area (Å²) in [6.07, 6.45) is 6.67. The second kappa shape index (κ2) is 9.36. The zero-order valence-electron chi connectivity index (χ0n) is 18.6. The molecule has 1 unspecified atom stereocenters. The van der Waals surface area contributed by atoms with Gasteiger partial charge in [0, 0.05) is 6.04 Å². The molecule has 2 heterocycles. The molecule has 7 heteroatoms. The van der Waals surface area contributed by atoms with E-state index in [0.29, 0.717) is 27.9 Å². The molecule has 1 saturated carbocycles. The first-order valence-corrected chi connectivity index (χ1v) is 11.5. The van der Waals surface area contributed by atoms with Crippen LogP contribution in [0.5, 0.6) is 0 Å². The Hall–Kier alpha value is -4.18. The molecule has 1 fully saturated rings. The van der Waals surface area contributed by atoms with Crippen molar-refractivity contribution in [2.45, 2.75) is 44.2 Å². The molecule has 0 bridgehead atoms. The number of benzene rings is 2. The van der Waals surface area contributed by atoms with Crippen LogP contribution in [0.1, 0.15) is 49.3 Å². The van der Waals surface area contributed by atoms with E-state index < -0.39 is 11.6 Å². The standard InChI is InChI=1S/C27H24N4O3/c28-17-18-12-14-19(15-13-18)25(26(32)29-20-7-2-1-3-8-20)31-22-10-5-4-9-21(22)30-24(27(31)33)23-11-6-16-34-23/h4-6,9-16,20,25H,1-3,7-8H2,(H,29,32). The van der Waals surface area contributed by atoms with Gasteiger partial charge in [0.25, 0.3) is 5.56 Å². The van der Waals surface area contributed by atoms with Crippen LogP contribution in [0.25, 0.3) is 22.5 Å². The van der Waals surface area contributed by atoms with Gasteiger partial charge in [-0.1, -0.05) is 43.5 Å². The Labute approximate surface area is 196 Å². The maximum atomic E-state index is 13.8. The van der Waals surface area contributed by atoms with E-state index in [1.54, 1.807) is 42.5 Å². The van der Waals surface area contributed by atoms with Crippen molar-refractivity contribution in [1.29, 1.82) is 5.26 Å². The summed E-state index contributed by atoms with van der Waals surface area (Å²) in [6.45, 7) is 0. The van der Waals surface area contributed by atoms with Gasteiger partial charge in [-0.05, 0) is 54.8 Å². The molecule has 2 aromatic heterocycles. The van der Waals surface area contributed by atoms with Crippen LogP contribution in [0.4, 0.5) is 0 Å². The summed E-state index contributed by atoms with van der Waals surface area (Å²) in [7, 11) is 0. The fourth-order valence-electron chi connectivity index (χ4n) is 4.67. The zero-order chi connectivity index (χ0) is 23.5. The first kappa shape index (κ1) is 21.7. The number of hydrogen-bond donors (Lipinski definition) is 1. The summed E-state index contributed by atoms with van der Waals surface area (Å²) in [5, 5.41) is 12.4. The van der Waals surface area contributed by atoms with Crippen molar-refractivity contribution in [2.75, 3.05) is 0 Å². The van der Waals surface area contributed by atoms with E-state index in [2.05, 4.69) is 16.4 Å². The molecule has 0 spiro atoms. The highest BCUT2D eigenvalue weighted by Gasteiger charge is 2.29. The predicted octanol–water partition coefficient (Wildman–Crippen LogP) is 4.57. The third-order valence-electron chi connectivity index (χ3n) is 6.36. The normalized spacial score (nSPS) is 15.0. The van der Waals surface area contributed by atoms with Crippen LogP contribution in [0.3, 0.4) is 0 Å². The molecule has 170 valence electrons. The molecular weight excluding hydrogens is 428 g/mol. The second-order valence-corrected chi connectivity index (χ2v) is 8.58. The highest BCUT2D eigenvalue weighted by Crippen LogP contribution is 2.26. The minimum atomic E-state index is -0.927. The number of hydrogen-bond acceptors (Lipinski definition) is 5. The Morgan fingerprint density at radius 1 is 1.06 bits per heavy atom. The van der Waals surface area contributed by atoms with Crippen molar-refractivity contribution in [3.63, 3.8) is 0 Å². The SMILES string of the molecule is N#Cc1ccc(C(C(=O)NC2CCCCC2)n2c(=O)c(-c3ccco3)nc3ccccc32)cc1. The number of fused-ring (bicyclic) bond motifs is 1. The Kier molecular flexibility index (Phi) is 5.96. The zero-order valence-corrected chi connectivity index (χ0v) is 18.6. The van der Waals surface area contributed by atoms with Crippen LogP contribution < -0.4 is 10.9 Å². The van der Waals surface area contributed by atoms with E-state index in [1.807, 2.05) is 18.2 Å². The Morgan fingerprint density at radius 3 is 2.53 bits per heavy atom. The van der Waals surface area contributed by atoms with E-state index >= 15 is 0 Å². The summed E-state index contributed by atoms with van der Waals surface area (Å²) in [6, 6.07) is 18.7. The highest BCUT2D eigenvalue weighted by atomic mass is 16.3. The van der Waals surface area contributed by atoms with Gasteiger partial charge >= 0.3 is 0 Å². The number of carbonyl (C=O) groups is 1. The van der Waals surface area contributed by atoms with Crippen molar-refractivity contribution in [2.24, 2.45) is 0 Å². The molecule has 7 nitrogen and oxygen atoms in total. The number of carbonyl (C=O) groups excluding carboxylic acids is 1. The second-order valence-electron chi connectivity index (χ2n) is 8.58. The van der Waals surface area contributed by atoms with E-state index in [1.165, 1.54) is 17.3 Å². The van der Waals surface area contributed by atoms with E-state index in [0.717, 1.165) is 25.7 Å². The Bertz CT molecular complexity index is 1410. The monoisotopic (exact) mass is 452 g/mol. The van der Waals surface area contributed by atoms with Gasteiger partial charge in [-0.3, -0.25) is 14.2 Å². The third-order valence-corrected chi connectivity index (χ3v) is 6.36. The molecule has 5 rings (SSSR count). The average Bonchev–Trinajstić information content (AvgIpc) is 3.41. The fraction of sp³-hybridized carbons (Fsp3) is 0.259. The van der Waals surface area contributed by atoms with Crippen LogP contribution in [0.15, 0.2) is 76.1 Å². The lowest BCUT2D eigenvalue weighted by molar-refractivity contribution is -0.124. The van der Waals surface area contributed by atoms with Gasteiger partial charge in [-0.15, -0.1) is 0 Å². The Balaban J connectivity index is 1.71. The molecule has 1 aliphatic rings. The van der Waals surface area contributed by atoms with Gasteiger partial charge in [-0.25, -0.2) is 4.98 Å². The maximum Gasteiger partial charge on any atom is 0.281 e. The maximum absolute atomic E-state index is 13.8. The number of nitrogens with zero attached hydrogens (tertiary/aromatic N) is 3. The number of amides is 1. The van der Waals surface area contributed by atoms with E-state index in [9.17, 15) is 14.9 Å². The van der Waals surface area contributed by atoms with Crippen molar-refractivity contribution in [3.8, 4) is 17.5 Å². The molecule has 4 aromatic rings. The minimum absolute atomic E-state index is 0.0791. The summed E-state index contributed by atoms with van der Waals surface area (Å²) in [5.41, 5.74) is 1.97. The number of para-hydroxylation sites is 2. The molecule has 0 aliphatic heterocycles. The molecule has 1 aliphatic carbocycles. The van der Waals surface area contributed by atoms with Crippen molar-refractivity contribution < 1.29 is 9.21 Å².